The normalized spacial score (nSPS) is 31.8. The van der Waals surface area contributed by atoms with Crippen LogP contribution < -0.4 is 11.2 Å². The molecule has 1 aromatic heterocycles. The number of alkyl halides is 1. The fourth-order valence-corrected chi connectivity index (χ4v) is 2.56. The van der Waals surface area contributed by atoms with Crippen LogP contribution in [-0.4, -0.2) is 43.5 Å². The first-order valence-corrected chi connectivity index (χ1v) is 6.37. The van der Waals surface area contributed by atoms with E-state index >= 15 is 0 Å². The maximum Gasteiger partial charge on any atom is 0.330 e. The van der Waals surface area contributed by atoms with Crippen LogP contribution in [0, 0.1) is 17.1 Å². The van der Waals surface area contributed by atoms with E-state index in [2.05, 4.69) is 5.92 Å². The average molecular weight is 339 g/mol. The number of aromatic amines is 1. The van der Waals surface area contributed by atoms with Gasteiger partial charge in [0.05, 0.1) is 12.8 Å². The number of ether oxygens (including phenoxy) is 1. The minimum absolute atomic E-state index is 0.575. The van der Waals surface area contributed by atoms with Gasteiger partial charge in [0.15, 0.2) is 11.1 Å². The van der Waals surface area contributed by atoms with Gasteiger partial charge in [0.25, 0.3) is 5.56 Å². The standard InChI is InChI=1S/C11H9Cl2FN2O5/c12-2-1-11(13)7(18)6(4-17)21-9(11)16-3-5(14)8(19)15-10(16)20/h3,6-7,9,17-18H,4H2,(H,15,19,20)/t6-,7+,9-,11?/m1/s1. The van der Waals surface area contributed by atoms with E-state index in [0.717, 1.165) is 0 Å². The van der Waals surface area contributed by atoms with Gasteiger partial charge in [-0.3, -0.25) is 14.3 Å². The van der Waals surface area contributed by atoms with Crippen molar-refractivity contribution >= 4 is 23.2 Å². The van der Waals surface area contributed by atoms with Gasteiger partial charge < -0.3 is 14.9 Å². The minimum atomic E-state index is -1.90. The Bertz CT molecular complexity index is 724. The van der Waals surface area contributed by atoms with Crippen LogP contribution in [0.25, 0.3) is 0 Å². The van der Waals surface area contributed by atoms with Crippen LogP contribution in [0.5, 0.6) is 0 Å². The second kappa shape index (κ2) is 5.79. The van der Waals surface area contributed by atoms with Gasteiger partial charge in [-0.15, -0.1) is 0 Å². The molecule has 2 heterocycles. The Morgan fingerprint density at radius 1 is 1.57 bits per heavy atom. The number of aliphatic hydroxyl groups excluding tert-OH is 2. The Kier molecular flexibility index (Phi) is 4.41. The largest absolute Gasteiger partial charge is 0.394 e. The molecule has 7 nitrogen and oxygen atoms in total. The summed E-state index contributed by atoms with van der Waals surface area (Å²) in [5.74, 6) is 1.01. The minimum Gasteiger partial charge on any atom is -0.394 e. The van der Waals surface area contributed by atoms with Crippen molar-refractivity contribution in [3.63, 3.8) is 0 Å². The van der Waals surface area contributed by atoms with E-state index in [1.54, 1.807) is 4.98 Å². The van der Waals surface area contributed by atoms with Crippen molar-refractivity contribution in [1.29, 1.82) is 0 Å². The number of nitrogens with one attached hydrogen (secondary N) is 1. The third-order valence-corrected chi connectivity index (χ3v) is 3.64. The highest BCUT2D eigenvalue weighted by atomic mass is 35.5. The van der Waals surface area contributed by atoms with Crippen LogP contribution in [0.15, 0.2) is 15.8 Å². The molecule has 4 atom stereocenters. The molecule has 0 aromatic carbocycles. The van der Waals surface area contributed by atoms with E-state index in [1.807, 2.05) is 5.38 Å². The van der Waals surface area contributed by atoms with Gasteiger partial charge in [-0.2, -0.15) is 4.39 Å². The van der Waals surface area contributed by atoms with Crippen LogP contribution in [0.4, 0.5) is 4.39 Å². The number of hydrogen-bond donors (Lipinski definition) is 3. The first-order valence-electron chi connectivity index (χ1n) is 5.62. The molecule has 0 saturated carbocycles. The highest BCUT2D eigenvalue weighted by Gasteiger charge is 2.56. The zero-order chi connectivity index (χ0) is 15.8. The molecule has 0 bridgehead atoms. The summed E-state index contributed by atoms with van der Waals surface area (Å²) in [6.45, 7) is -0.614. The molecule has 1 aromatic rings. The quantitative estimate of drug-likeness (QED) is 0.479. The summed E-state index contributed by atoms with van der Waals surface area (Å²) in [5, 5.41) is 21.1. The summed E-state index contributed by atoms with van der Waals surface area (Å²) >= 11 is 11.4. The average Bonchev–Trinajstić information content (AvgIpc) is 2.67. The molecule has 0 spiro atoms. The van der Waals surface area contributed by atoms with Crippen LogP contribution in [0.2, 0.25) is 0 Å². The van der Waals surface area contributed by atoms with Gasteiger partial charge in [0, 0.05) is 5.38 Å². The van der Waals surface area contributed by atoms with E-state index in [-0.39, 0.29) is 0 Å². The lowest BCUT2D eigenvalue weighted by Crippen LogP contribution is -2.44. The summed E-state index contributed by atoms with van der Waals surface area (Å²) in [7, 11) is 0. The molecule has 21 heavy (non-hydrogen) atoms. The van der Waals surface area contributed by atoms with Gasteiger partial charge in [-0.1, -0.05) is 17.5 Å². The van der Waals surface area contributed by atoms with Crippen molar-refractivity contribution in [3.05, 3.63) is 32.9 Å². The highest BCUT2D eigenvalue weighted by molar-refractivity contribution is 6.32. The fraction of sp³-hybridized carbons (Fsp3) is 0.455. The van der Waals surface area contributed by atoms with Gasteiger partial charge in [0.2, 0.25) is 5.82 Å². The Hall–Kier alpha value is -1.37. The Morgan fingerprint density at radius 2 is 2.24 bits per heavy atom. The Balaban J connectivity index is 2.60. The molecule has 0 radical (unpaired) electrons. The van der Waals surface area contributed by atoms with Crippen molar-refractivity contribution in [3.8, 4) is 11.3 Å². The number of aromatic nitrogens is 2. The number of rotatable bonds is 2. The Morgan fingerprint density at radius 3 is 2.81 bits per heavy atom. The topological polar surface area (TPSA) is 105 Å². The van der Waals surface area contributed by atoms with E-state index < -0.39 is 47.0 Å². The van der Waals surface area contributed by atoms with Crippen molar-refractivity contribution in [2.24, 2.45) is 0 Å². The number of aliphatic hydroxyl groups is 2. The van der Waals surface area contributed by atoms with Crippen LogP contribution in [0.3, 0.4) is 0 Å². The van der Waals surface area contributed by atoms with Crippen molar-refractivity contribution in [2.45, 2.75) is 23.3 Å². The fourth-order valence-electron chi connectivity index (χ4n) is 2.01. The predicted octanol–water partition coefficient (Wildman–Crippen LogP) is -0.896. The SMILES string of the molecule is O=c1[nH]c(=O)n([C@@H]2O[C@H](CO)[C@H](O)C2(Cl)C#CCl)cc1F. The molecule has 1 fully saturated rings. The lowest BCUT2D eigenvalue weighted by atomic mass is 9.99. The van der Waals surface area contributed by atoms with Gasteiger partial charge >= 0.3 is 5.69 Å². The number of H-pyrrole nitrogens is 1. The molecule has 0 aliphatic carbocycles. The Labute approximate surface area is 126 Å². The molecule has 0 amide bonds. The van der Waals surface area contributed by atoms with Crippen LogP contribution in [-0.2, 0) is 4.74 Å². The lowest BCUT2D eigenvalue weighted by molar-refractivity contribution is -0.0467. The molecular weight excluding hydrogens is 330 g/mol. The van der Waals surface area contributed by atoms with E-state index in [0.29, 0.717) is 10.8 Å². The van der Waals surface area contributed by atoms with E-state index in [9.17, 15) is 19.1 Å². The van der Waals surface area contributed by atoms with Gasteiger partial charge in [-0.05, 0) is 11.6 Å². The summed E-state index contributed by atoms with van der Waals surface area (Å²) in [4.78, 5) is 22.6. The van der Waals surface area contributed by atoms with Gasteiger partial charge in [0.1, 0.15) is 12.2 Å². The zero-order valence-corrected chi connectivity index (χ0v) is 11.7. The lowest BCUT2D eigenvalue weighted by Gasteiger charge is -2.25. The summed E-state index contributed by atoms with van der Waals surface area (Å²) in [6.07, 6.45) is -3.55. The molecular formula is C11H9Cl2FN2O5. The molecule has 3 N–H and O–H groups in total. The number of halogens is 3. The number of hydrogen-bond acceptors (Lipinski definition) is 5. The summed E-state index contributed by atoms with van der Waals surface area (Å²) < 4.78 is 19.2. The smallest absolute Gasteiger partial charge is 0.330 e. The highest BCUT2D eigenvalue weighted by Crippen LogP contribution is 2.42. The van der Waals surface area contributed by atoms with Crippen molar-refractivity contribution in [1.82, 2.24) is 9.55 Å². The second-order valence-corrected chi connectivity index (χ2v) is 5.10. The van der Waals surface area contributed by atoms with Crippen LogP contribution >= 0.6 is 23.2 Å². The summed E-state index contributed by atoms with van der Waals surface area (Å²) in [6, 6.07) is 0. The maximum absolute atomic E-state index is 13.4. The van der Waals surface area contributed by atoms with E-state index in [4.69, 9.17) is 33.0 Å². The maximum atomic E-state index is 13.4. The molecule has 1 aliphatic rings. The first kappa shape index (κ1) is 16.0. The molecule has 1 aliphatic heterocycles. The molecule has 10 heteroatoms. The van der Waals surface area contributed by atoms with Crippen molar-refractivity contribution < 1.29 is 19.3 Å². The molecule has 1 unspecified atom stereocenters. The predicted molar refractivity (Wildman–Crippen MR) is 70.5 cm³/mol. The third-order valence-electron chi connectivity index (χ3n) is 3.04. The molecule has 1 saturated heterocycles. The van der Waals surface area contributed by atoms with Gasteiger partial charge in [-0.25, -0.2) is 4.79 Å². The zero-order valence-electron chi connectivity index (χ0n) is 10.2. The van der Waals surface area contributed by atoms with Crippen LogP contribution in [0.1, 0.15) is 6.23 Å². The first-order chi connectivity index (χ1) is 9.85. The monoisotopic (exact) mass is 338 g/mol. The summed E-state index contributed by atoms with van der Waals surface area (Å²) in [5.41, 5.74) is -2.23. The second-order valence-electron chi connectivity index (χ2n) is 4.29. The van der Waals surface area contributed by atoms with Crippen molar-refractivity contribution in [2.75, 3.05) is 6.61 Å². The number of nitrogens with zero attached hydrogens (tertiary/aromatic N) is 1. The molecule has 2 rings (SSSR count). The van der Waals surface area contributed by atoms with E-state index in [1.165, 1.54) is 0 Å². The third kappa shape index (κ3) is 2.59. The molecule has 114 valence electrons.